The van der Waals surface area contributed by atoms with Crippen LogP contribution in [0.1, 0.15) is 103 Å². The van der Waals surface area contributed by atoms with Gasteiger partial charge in [0.15, 0.2) is 0 Å². The SMILES string of the molecule is CCN1C[C@@H]2C[C@H]1CN2C(=O)c1cnn(C)c1C1=Cc2cc(OC)ccc2-c2c(C3CCCCC3)c3ccc(C(=O)NS(=O)(=O)CC(C)C)cc3n2C1. The number of amides is 2. The average Bonchev–Trinajstić information content (AvgIpc) is 3.90. The van der Waals surface area contributed by atoms with Gasteiger partial charge in [-0.1, -0.05) is 46.1 Å². The molecule has 4 aromatic rings. The smallest absolute Gasteiger partial charge is 0.264 e. The number of allylic oxidation sites excluding steroid dienone is 1. The zero-order valence-corrected chi connectivity index (χ0v) is 32.2. The highest BCUT2D eigenvalue weighted by atomic mass is 32.2. The number of piperazine rings is 1. The Morgan fingerprint density at radius 2 is 1.81 bits per heavy atom. The van der Waals surface area contributed by atoms with E-state index in [-0.39, 0.29) is 29.2 Å². The lowest BCUT2D eigenvalue weighted by Gasteiger charge is -2.33. The molecule has 0 radical (unpaired) electrons. The number of ether oxygens (including phenoxy) is 1. The van der Waals surface area contributed by atoms with Crippen molar-refractivity contribution in [1.29, 1.82) is 0 Å². The second-order valence-electron chi connectivity index (χ2n) is 15.8. The van der Waals surface area contributed by atoms with Gasteiger partial charge in [0, 0.05) is 54.3 Å². The molecule has 11 nitrogen and oxygen atoms in total. The maximum Gasteiger partial charge on any atom is 0.264 e. The van der Waals surface area contributed by atoms with Crippen LogP contribution in [0.2, 0.25) is 0 Å². The van der Waals surface area contributed by atoms with Crippen molar-refractivity contribution in [1.82, 2.24) is 28.9 Å². The number of nitrogens with zero attached hydrogens (tertiary/aromatic N) is 5. The lowest BCUT2D eigenvalue weighted by atomic mass is 9.81. The van der Waals surface area contributed by atoms with Gasteiger partial charge in [0.2, 0.25) is 10.0 Å². The molecule has 0 unspecified atom stereocenters. The number of rotatable bonds is 9. The third-order valence-corrected chi connectivity index (χ3v) is 13.4. The van der Waals surface area contributed by atoms with E-state index >= 15 is 0 Å². The van der Waals surface area contributed by atoms with Crippen molar-refractivity contribution in [3.8, 4) is 17.0 Å². The highest BCUT2D eigenvalue weighted by molar-refractivity contribution is 7.90. The summed E-state index contributed by atoms with van der Waals surface area (Å²) in [5.74, 6) is 0.170. The third kappa shape index (κ3) is 6.37. The second-order valence-corrected chi connectivity index (χ2v) is 17.5. The fourth-order valence-corrected chi connectivity index (χ4v) is 10.9. The molecule has 2 aromatic carbocycles. The average molecular weight is 739 g/mol. The summed E-state index contributed by atoms with van der Waals surface area (Å²) >= 11 is 0. The Bertz CT molecular complexity index is 2250. The van der Waals surface area contributed by atoms with Crippen LogP contribution in [0.5, 0.6) is 5.75 Å². The number of aryl methyl sites for hydroxylation is 1. The molecule has 2 amide bonds. The largest absolute Gasteiger partial charge is 0.497 e. The number of likely N-dealkylation sites (N-methyl/N-ethyl adjacent to an activating group) is 1. The monoisotopic (exact) mass is 738 g/mol. The number of methoxy groups -OCH3 is 1. The molecule has 1 aliphatic carbocycles. The predicted octanol–water partition coefficient (Wildman–Crippen LogP) is 6.29. The van der Waals surface area contributed by atoms with Crippen molar-refractivity contribution in [2.45, 2.75) is 83.8 Å². The standard InChI is InChI=1S/C41H50N6O5S/c1-6-45-22-31-19-30(45)23-46(31)41(49)35-20-42-44(4)38(35)29-16-28-17-32(52-5)13-15-33(28)39-37(26-10-8-7-9-11-26)34-14-12-27(18-36(34)47(39)21-29)40(48)43-53(50,51)24-25(2)3/h12-18,20,25-26,30-31H,6-11,19,21-24H2,1-5H3,(H,43,48)/t30-,31-/m0/s1. The molecule has 3 fully saturated rings. The topological polar surface area (TPSA) is 119 Å². The van der Waals surface area contributed by atoms with Crippen molar-refractivity contribution >= 4 is 44.4 Å². The zero-order valence-electron chi connectivity index (χ0n) is 31.4. The molecule has 3 aliphatic heterocycles. The lowest BCUT2D eigenvalue weighted by Crippen LogP contribution is -2.48. The highest BCUT2D eigenvalue weighted by Crippen LogP contribution is 2.48. The Hall–Kier alpha value is -4.42. The molecule has 53 heavy (non-hydrogen) atoms. The molecular formula is C41H50N6O5S. The summed E-state index contributed by atoms with van der Waals surface area (Å²) in [6.07, 6.45) is 10.5. The summed E-state index contributed by atoms with van der Waals surface area (Å²) in [5, 5.41) is 5.72. The maximum atomic E-state index is 14.4. The van der Waals surface area contributed by atoms with Gasteiger partial charge in [0.05, 0.1) is 42.6 Å². The summed E-state index contributed by atoms with van der Waals surface area (Å²) in [7, 11) is -0.250. The minimum absolute atomic E-state index is 0.00872. The van der Waals surface area contributed by atoms with Gasteiger partial charge in [0.1, 0.15) is 5.75 Å². The van der Waals surface area contributed by atoms with Gasteiger partial charge in [-0.3, -0.25) is 19.2 Å². The molecule has 5 heterocycles. The Balaban J connectivity index is 1.29. The fourth-order valence-electron chi connectivity index (χ4n) is 9.52. The van der Waals surface area contributed by atoms with Crippen LogP contribution in [0, 0.1) is 5.92 Å². The van der Waals surface area contributed by atoms with E-state index < -0.39 is 15.9 Å². The van der Waals surface area contributed by atoms with E-state index in [2.05, 4.69) is 44.4 Å². The van der Waals surface area contributed by atoms with Crippen molar-refractivity contribution in [3.05, 3.63) is 70.5 Å². The van der Waals surface area contributed by atoms with Crippen LogP contribution < -0.4 is 9.46 Å². The number of benzene rings is 2. The van der Waals surface area contributed by atoms with E-state index in [1.165, 1.54) is 12.0 Å². The van der Waals surface area contributed by atoms with Crippen LogP contribution in [0.3, 0.4) is 0 Å². The Morgan fingerprint density at radius 3 is 2.51 bits per heavy atom. The minimum Gasteiger partial charge on any atom is -0.497 e. The number of carbonyl (C=O) groups is 2. The first-order valence-electron chi connectivity index (χ1n) is 19.1. The van der Waals surface area contributed by atoms with E-state index in [4.69, 9.17) is 4.74 Å². The Labute approximate surface area is 312 Å². The highest BCUT2D eigenvalue weighted by Gasteiger charge is 2.45. The number of nitrogens with one attached hydrogen (secondary N) is 1. The van der Waals surface area contributed by atoms with Crippen LogP contribution in [-0.2, 0) is 23.6 Å². The van der Waals surface area contributed by atoms with Gasteiger partial charge in [0.25, 0.3) is 11.8 Å². The number of sulfonamides is 1. The third-order valence-electron chi connectivity index (χ3n) is 11.8. The molecule has 4 aliphatic rings. The van der Waals surface area contributed by atoms with Gasteiger partial charge in [-0.15, -0.1) is 0 Å². The maximum absolute atomic E-state index is 14.4. The van der Waals surface area contributed by atoms with Gasteiger partial charge >= 0.3 is 0 Å². The number of hydrogen-bond acceptors (Lipinski definition) is 7. The van der Waals surface area contributed by atoms with Crippen molar-refractivity contribution < 1.29 is 22.7 Å². The number of fused-ring (bicyclic) bond motifs is 7. The van der Waals surface area contributed by atoms with Crippen molar-refractivity contribution in [2.75, 3.05) is 32.5 Å². The van der Waals surface area contributed by atoms with Crippen LogP contribution in [0.4, 0.5) is 0 Å². The normalized spacial score (nSPS) is 20.4. The fraction of sp³-hybridized carbons (Fsp3) is 0.488. The predicted molar refractivity (Wildman–Crippen MR) is 207 cm³/mol. The number of aromatic nitrogens is 3. The molecular weight excluding hydrogens is 689 g/mol. The molecule has 1 saturated carbocycles. The van der Waals surface area contributed by atoms with Gasteiger partial charge < -0.3 is 14.2 Å². The summed E-state index contributed by atoms with van der Waals surface area (Å²) in [6, 6.07) is 12.3. The Morgan fingerprint density at radius 1 is 1.02 bits per heavy atom. The van der Waals surface area contributed by atoms with Crippen molar-refractivity contribution in [3.63, 3.8) is 0 Å². The van der Waals surface area contributed by atoms with Crippen LogP contribution >= 0.6 is 0 Å². The second kappa shape index (κ2) is 13.8. The lowest BCUT2D eigenvalue weighted by molar-refractivity contribution is 0.0630. The molecule has 1 N–H and O–H groups in total. The molecule has 2 atom stereocenters. The van der Waals surface area contributed by atoms with E-state index in [1.54, 1.807) is 19.4 Å². The first-order chi connectivity index (χ1) is 25.5. The van der Waals surface area contributed by atoms with Gasteiger partial charge in [-0.2, -0.15) is 5.10 Å². The van der Waals surface area contributed by atoms with E-state index in [1.807, 2.05) is 48.7 Å². The van der Waals surface area contributed by atoms with Crippen LogP contribution in [-0.4, -0.2) is 89.0 Å². The van der Waals surface area contributed by atoms with Crippen LogP contribution in [0.25, 0.3) is 33.8 Å². The summed E-state index contributed by atoms with van der Waals surface area (Å²) < 4.78 is 37.8. The first kappa shape index (κ1) is 35.6. The van der Waals surface area contributed by atoms with Gasteiger partial charge in [-0.05, 0) is 90.8 Å². The summed E-state index contributed by atoms with van der Waals surface area (Å²) in [6.45, 7) is 8.84. The molecule has 2 saturated heterocycles. The molecule has 2 aromatic heterocycles. The van der Waals surface area contributed by atoms with E-state index in [0.29, 0.717) is 24.1 Å². The molecule has 12 heteroatoms. The Kier molecular flexibility index (Phi) is 9.25. The van der Waals surface area contributed by atoms with Gasteiger partial charge in [-0.25, -0.2) is 13.1 Å². The number of likely N-dealkylation sites (tertiary alicyclic amines) is 2. The first-order valence-corrected chi connectivity index (χ1v) is 20.8. The number of carbonyl (C=O) groups excluding carboxylic acids is 2. The number of hydrogen-bond donors (Lipinski definition) is 1. The molecule has 2 bridgehead atoms. The zero-order chi connectivity index (χ0) is 37.2. The van der Waals surface area contributed by atoms with E-state index in [0.717, 1.165) is 96.5 Å². The molecule has 8 rings (SSSR count). The quantitative estimate of drug-likeness (QED) is 0.215. The van der Waals surface area contributed by atoms with Crippen LogP contribution in [0.15, 0.2) is 42.6 Å². The van der Waals surface area contributed by atoms with Crippen molar-refractivity contribution in [2.24, 2.45) is 13.0 Å². The molecule has 280 valence electrons. The minimum atomic E-state index is -3.81. The van der Waals surface area contributed by atoms with E-state index in [9.17, 15) is 18.0 Å². The molecule has 0 spiro atoms. The summed E-state index contributed by atoms with van der Waals surface area (Å²) in [4.78, 5) is 32.5. The summed E-state index contributed by atoms with van der Waals surface area (Å²) in [5.41, 5.74) is 7.79.